The molecule has 0 radical (unpaired) electrons. The summed E-state index contributed by atoms with van der Waals surface area (Å²) in [4.78, 5) is 17.2. The normalized spacial score (nSPS) is 22.4. The minimum atomic E-state index is 0.143. The Kier molecular flexibility index (Phi) is 6.10. The second kappa shape index (κ2) is 8.49. The number of hydrogen-bond acceptors (Lipinski definition) is 4. The molecule has 0 N–H and O–H groups in total. The van der Waals surface area contributed by atoms with Gasteiger partial charge in [-0.1, -0.05) is 0 Å². The second-order valence-corrected chi connectivity index (χ2v) is 6.63. The van der Waals surface area contributed by atoms with Gasteiger partial charge in [-0.3, -0.25) is 9.69 Å². The van der Waals surface area contributed by atoms with Crippen LogP contribution in [0.3, 0.4) is 0 Å². The first-order valence-electron chi connectivity index (χ1n) is 9.08. The summed E-state index contributed by atoms with van der Waals surface area (Å²) in [6.45, 7) is 9.12. The number of hydrogen-bond donors (Lipinski definition) is 0. The number of rotatable bonds is 5. The monoisotopic (exact) mass is 332 g/mol. The van der Waals surface area contributed by atoms with Gasteiger partial charge in [-0.25, -0.2) is 0 Å². The smallest absolute Gasteiger partial charge is 0.253 e. The molecule has 2 fully saturated rings. The first-order chi connectivity index (χ1) is 11.8. The fourth-order valence-corrected chi connectivity index (χ4v) is 3.59. The van der Waals surface area contributed by atoms with Crippen molar-refractivity contribution in [3.05, 3.63) is 29.8 Å². The van der Waals surface area contributed by atoms with Crippen LogP contribution in [0.5, 0.6) is 5.75 Å². The van der Waals surface area contributed by atoms with Crippen LogP contribution >= 0.6 is 0 Å². The largest absolute Gasteiger partial charge is 0.494 e. The molecule has 5 heteroatoms. The van der Waals surface area contributed by atoms with Crippen molar-refractivity contribution >= 4 is 5.91 Å². The van der Waals surface area contributed by atoms with Gasteiger partial charge < -0.3 is 14.4 Å². The Morgan fingerprint density at radius 1 is 1.21 bits per heavy atom. The maximum Gasteiger partial charge on any atom is 0.253 e. The molecule has 5 nitrogen and oxygen atoms in total. The van der Waals surface area contributed by atoms with Crippen molar-refractivity contribution in [3.8, 4) is 5.75 Å². The van der Waals surface area contributed by atoms with Crippen molar-refractivity contribution in [1.82, 2.24) is 9.80 Å². The van der Waals surface area contributed by atoms with Crippen molar-refractivity contribution in [2.75, 3.05) is 52.5 Å². The van der Waals surface area contributed by atoms with Gasteiger partial charge in [0, 0.05) is 38.3 Å². The molecule has 0 spiro atoms. The summed E-state index contributed by atoms with van der Waals surface area (Å²) >= 11 is 0. The van der Waals surface area contributed by atoms with Gasteiger partial charge in [-0.2, -0.15) is 0 Å². The van der Waals surface area contributed by atoms with Crippen LogP contribution in [0.2, 0.25) is 0 Å². The Balaban J connectivity index is 1.55. The van der Waals surface area contributed by atoms with Gasteiger partial charge in [0.2, 0.25) is 0 Å². The molecule has 2 aliphatic heterocycles. The van der Waals surface area contributed by atoms with E-state index in [-0.39, 0.29) is 5.91 Å². The molecule has 0 bridgehead atoms. The van der Waals surface area contributed by atoms with E-state index in [9.17, 15) is 4.79 Å². The molecule has 1 aromatic carbocycles. The van der Waals surface area contributed by atoms with Crippen LogP contribution < -0.4 is 4.74 Å². The summed E-state index contributed by atoms with van der Waals surface area (Å²) < 4.78 is 10.9. The van der Waals surface area contributed by atoms with Crippen molar-refractivity contribution in [2.45, 2.75) is 19.8 Å². The molecule has 0 saturated carbocycles. The van der Waals surface area contributed by atoms with Crippen molar-refractivity contribution in [1.29, 1.82) is 0 Å². The standard InChI is InChI=1S/C19H28N2O3/c1-2-24-18-7-5-17(6-8-18)19(22)21-9-3-4-16(15-21)14-20-10-12-23-13-11-20/h5-8,16H,2-4,9-15H2,1H3. The van der Waals surface area contributed by atoms with E-state index in [0.29, 0.717) is 12.5 Å². The van der Waals surface area contributed by atoms with Crippen LogP contribution in [-0.2, 0) is 4.74 Å². The maximum absolute atomic E-state index is 12.8. The predicted molar refractivity (Wildman–Crippen MR) is 93.5 cm³/mol. The quantitative estimate of drug-likeness (QED) is 0.829. The van der Waals surface area contributed by atoms with Gasteiger partial charge in [-0.15, -0.1) is 0 Å². The van der Waals surface area contributed by atoms with Crippen LogP contribution in [0.15, 0.2) is 24.3 Å². The topological polar surface area (TPSA) is 42.0 Å². The number of carbonyl (C=O) groups excluding carboxylic acids is 1. The van der Waals surface area contributed by atoms with Crippen molar-refractivity contribution < 1.29 is 14.3 Å². The molecule has 0 aliphatic carbocycles. The maximum atomic E-state index is 12.8. The highest BCUT2D eigenvalue weighted by Crippen LogP contribution is 2.21. The third-order valence-electron chi connectivity index (χ3n) is 4.84. The molecule has 1 amide bonds. The Bertz CT molecular complexity index is 526. The highest BCUT2D eigenvalue weighted by molar-refractivity contribution is 5.94. The highest BCUT2D eigenvalue weighted by Gasteiger charge is 2.26. The van der Waals surface area contributed by atoms with E-state index >= 15 is 0 Å². The summed E-state index contributed by atoms with van der Waals surface area (Å²) in [5, 5.41) is 0. The van der Waals surface area contributed by atoms with E-state index in [4.69, 9.17) is 9.47 Å². The van der Waals surface area contributed by atoms with Crippen molar-refractivity contribution in [2.24, 2.45) is 5.92 Å². The van der Waals surface area contributed by atoms with Crippen LogP contribution in [-0.4, -0.2) is 68.3 Å². The van der Waals surface area contributed by atoms with Crippen LogP contribution in [0, 0.1) is 5.92 Å². The first-order valence-corrected chi connectivity index (χ1v) is 9.08. The van der Waals surface area contributed by atoms with E-state index in [1.54, 1.807) is 0 Å². The summed E-state index contributed by atoms with van der Waals surface area (Å²) in [6.07, 6.45) is 2.31. The zero-order valence-electron chi connectivity index (χ0n) is 14.6. The first kappa shape index (κ1) is 17.2. The molecular formula is C19H28N2O3. The summed E-state index contributed by atoms with van der Waals surface area (Å²) in [5.74, 6) is 1.53. The molecular weight excluding hydrogens is 304 g/mol. The lowest BCUT2D eigenvalue weighted by Gasteiger charge is -2.36. The van der Waals surface area contributed by atoms with E-state index in [2.05, 4.69) is 4.90 Å². The summed E-state index contributed by atoms with van der Waals surface area (Å²) in [5.41, 5.74) is 0.755. The van der Waals surface area contributed by atoms with Gasteiger partial charge in [0.15, 0.2) is 0 Å². The molecule has 0 aromatic heterocycles. The average molecular weight is 332 g/mol. The summed E-state index contributed by atoms with van der Waals surface area (Å²) in [6, 6.07) is 7.51. The molecule has 1 atom stereocenters. The van der Waals surface area contributed by atoms with Crippen LogP contribution in [0.4, 0.5) is 0 Å². The molecule has 2 heterocycles. The molecule has 24 heavy (non-hydrogen) atoms. The number of ether oxygens (including phenoxy) is 2. The third-order valence-corrected chi connectivity index (χ3v) is 4.84. The van der Waals surface area contributed by atoms with E-state index in [1.807, 2.05) is 36.1 Å². The molecule has 1 unspecified atom stereocenters. The highest BCUT2D eigenvalue weighted by atomic mass is 16.5. The number of likely N-dealkylation sites (tertiary alicyclic amines) is 1. The SMILES string of the molecule is CCOc1ccc(C(=O)N2CCCC(CN3CCOCC3)C2)cc1. The fourth-order valence-electron chi connectivity index (χ4n) is 3.59. The summed E-state index contributed by atoms with van der Waals surface area (Å²) in [7, 11) is 0. The molecule has 2 saturated heterocycles. The lowest BCUT2D eigenvalue weighted by atomic mass is 9.96. The zero-order chi connectivity index (χ0) is 16.8. The molecule has 132 valence electrons. The number of carbonyl (C=O) groups is 1. The number of benzene rings is 1. The fraction of sp³-hybridized carbons (Fsp3) is 0.632. The van der Waals surface area contributed by atoms with Crippen LogP contribution in [0.25, 0.3) is 0 Å². The Morgan fingerprint density at radius 2 is 1.96 bits per heavy atom. The Labute approximate surface area is 144 Å². The Morgan fingerprint density at radius 3 is 2.67 bits per heavy atom. The lowest BCUT2D eigenvalue weighted by molar-refractivity contribution is 0.0224. The van der Waals surface area contributed by atoms with Gasteiger partial charge in [0.05, 0.1) is 19.8 Å². The Hall–Kier alpha value is -1.59. The second-order valence-electron chi connectivity index (χ2n) is 6.63. The average Bonchev–Trinajstić information content (AvgIpc) is 2.63. The minimum absolute atomic E-state index is 0.143. The lowest BCUT2D eigenvalue weighted by Crippen LogP contribution is -2.46. The van der Waals surface area contributed by atoms with Crippen molar-refractivity contribution in [3.63, 3.8) is 0 Å². The molecule has 2 aliphatic rings. The number of amides is 1. The third kappa shape index (κ3) is 4.48. The zero-order valence-corrected chi connectivity index (χ0v) is 14.6. The van der Waals surface area contributed by atoms with E-state index < -0.39 is 0 Å². The molecule has 1 aromatic rings. The van der Waals surface area contributed by atoms with E-state index in [0.717, 1.165) is 63.7 Å². The van der Waals surface area contributed by atoms with Gasteiger partial charge >= 0.3 is 0 Å². The van der Waals surface area contributed by atoms with Gasteiger partial charge in [0.25, 0.3) is 5.91 Å². The number of nitrogens with zero attached hydrogens (tertiary/aromatic N) is 2. The number of morpholine rings is 1. The molecule has 3 rings (SSSR count). The van der Waals surface area contributed by atoms with E-state index in [1.165, 1.54) is 6.42 Å². The minimum Gasteiger partial charge on any atom is -0.494 e. The number of piperidine rings is 1. The van der Waals surface area contributed by atoms with Gasteiger partial charge in [-0.05, 0) is 49.9 Å². The van der Waals surface area contributed by atoms with Crippen LogP contribution in [0.1, 0.15) is 30.1 Å². The predicted octanol–water partition coefficient (Wildman–Crippen LogP) is 2.27. The van der Waals surface area contributed by atoms with Gasteiger partial charge in [0.1, 0.15) is 5.75 Å².